The van der Waals surface area contributed by atoms with Gasteiger partial charge in [-0.2, -0.15) is 0 Å². The van der Waals surface area contributed by atoms with Crippen molar-refractivity contribution in [3.05, 3.63) is 70.3 Å². The number of hydrogen-bond donors (Lipinski definition) is 5. The predicted molar refractivity (Wildman–Crippen MR) is 155 cm³/mol. The molecule has 0 unspecified atom stereocenters. The maximum absolute atomic E-state index is 13.5. The molecule has 0 saturated heterocycles. The van der Waals surface area contributed by atoms with Crippen LogP contribution in [-0.4, -0.2) is 64.8 Å². The Balaban J connectivity index is 2.36. The summed E-state index contributed by atoms with van der Waals surface area (Å²) in [5.41, 5.74) is 17.2. The van der Waals surface area contributed by atoms with Crippen LogP contribution in [0.4, 0.5) is 16.2 Å². The van der Waals surface area contributed by atoms with Gasteiger partial charge in [-0.3, -0.25) is 29.5 Å². The maximum Gasteiger partial charge on any atom is 0.417 e. The van der Waals surface area contributed by atoms with Crippen LogP contribution in [0.2, 0.25) is 0 Å². The van der Waals surface area contributed by atoms with Crippen LogP contribution in [0.15, 0.2) is 59.6 Å². The maximum atomic E-state index is 13.5. The fourth-order valence-electron chi connectivity index (χ4n) is 3.62. The van der Waals surface area contributed by atoms with Crippen molar-refractivity contribution in [1.82, 2.24) is 10.2 Å². The quantitative estimate of drug-likeness (QED) is 0.0699. The van der Waals surface area contributed by atoms with Gasteiger partial charge in [-0.05, 0) is 36.5 Å². The third-order valence-corrected chi connectivity index (χ3v) is 6.00. The minimum atomic E-state index is -1.43. The Labute approximate surface area is 242 Å². The van der Waals surface area contributed by atoms with Crippen molar-refractivity contribution in [1.29, 1.82) is 0 Å². The van der Waals surface area contributed by atoms with E-state index in [1.54, 1.807) is 44.2 Å². The zero-order chi connectivity index (χ0) is 31.2. The van der Waals surface area contributed by atoms with Crippen LogP contribution in [0.25, 0.3) is 0 Å². The molecule has 4 amide bonds. The monoisotopic (exact) mass is 584 g/mol. The van der Waals surface area contributed by atoms with Gasteiger partial charge < -0.3 is 32.6 Å². The number of non-ortho nitro benzene ring substituents is 1. The van der Waals surface area contributed by atoms with Crippen molar-refractivity contribution in [2.45, 2.75) is 45.4 Å². The van der Waals surface area contributed by atoms with Crippen molar-refractivity contribution in [2.75, 3.05) is 18.4 Å². The first-order chi connectivity index (χ1) is 19.9. The molecule has 0 bridgehead atoms. The summed E-state index contributed by atoms with van der Waals surface area (Å²) in [7, 11) is 0. The minimum Gasteiger partial charge on any atom is -0.444 e. The Morgan fingerprint density at radius 3 is 2.24 bits per heavy atom. The number of aliphatic imine (C=N–C) groups is 1. The van der Waals surface area contributed by atoms with Crippen molar-refractivity contribution in [3.63, 3.8) is 0 Å². The third kappa shape index (κ3) is 10.5. The van der Waals surface area contributed by atoms with Crippen LogP contribution in [-0.2, 0) is 25.7 Å². The smallest absolute Gasteiger partial charge is 0.417 e. The molecule has 0 aromatic heterocycles. The number of imide groups is 1. The molecule has 0 saturated carbocycles. The molecule has 0 spiro atoms. The van der Waals surface area contributed by atoms with Gasteiger partial charge in [0, 0.05) is 24.4 Å². The van der Waals surface area contributed by atoms with E-state index < -0.39 is 47.4 Å². The Morgan fingerprint density at radius 2 is 1.67 bits per heavy atom. The SMILES string of the molecule is CC(C)[C@H](N)C(=O)NCC(=O)N(C(=O)OCc1ccccc1)[C@@H](CCCN=C(N)N)C(=O)Nc1ccc([N+](=O)[O-])cc1. The van der Waals surface area contributed by atoms with Crippen molar-refractivity contribution in [2.24, 2.45) is 28.1 Å². The van der Waals surface area contributed by atoms with E-state index in [1.807, 2.05) is 0 Å². The zero-order valence-electron chi connectivity index (χ0n) is 23.4. The Kier molecular flexibility index (Phi) is 12.8. The summed E-state index contributed by atoms with van der Waals surface area (Å²) in [4.78, 5) is 67.5. The Morgan fingerprint density at radius 1 is 1.02 bits per heavy atom. The molecule has 0 aliphatic carbocycles. The van der Waals surface area contributed by atoms with Gasteiger partial charge in [0.1, 0.15) is 12.6 Å². The predicted octanol–water partition coefficient (Wildman–Crippen LogP) is 1.22. The molecule has 8 N–H and O–H groups in total. The lowest BCUT2D eigenvalue weighted by atomic mass is 10.1. The number of anilines is 1. The topological polar surface area (TPSA) is 238 Å². The first kappa shape index (κ1) is 33.2. The van der Waals surface area contributed by atoms with Gasteiger partial charge in [-0.1, -0.05) is 44.2 Å². The molecule has 226 valence electrons. The highest BCUT2D eigenvalue weighted by Gasteiger charge is 2.36. The van der Waals surface area contributed by atoms with Crippen LogP contribution < -0.4 is 27.8 Å². The summed E-state index contributed by atoms with van der Waals surface area (Å²) in [5, 5.41) is 16.0. The van der Waals surface area contributed by atoms with E-state index in [9.17, 15) is 29.3 Å². The summed E-state index contributed by atoms with van der Waals surface area (Å²) in [6.45, 7) is 2.71. The molecule has 0 aliphatic rings. The summed E-state index contributed by atoms with van der Waals surface area (Å²) in [6, 6.07) is 11.3. The fraction of sp³-hybridized carbons (Fsp3) is 0.370. The molecule has 2 rings (SSSR count). The molecule has 2 aromatic rings. The number of rotatable bonds is 14. The van der Waals surface area contributed by atoms with Crippen molar-refractivity contribution in [3.8, 4) is 0 Å². The third-order valence-electron chi connectivity index (χ3n) is 6.00. The molecular weight excluding hydrogens is 548 g/mol. The van der Waals surface area contributed by atoms with E-state index in [0.717, 1.165) is 0 Å². The van der Waals surface area contributed by atoms with E-state index in [4.69, 9.17) is 21.9 Å². The molecule has 2 atom stereocenters. The highest BCUT2D eigenvalue weighted by molar-refractivity contribution is 6.03. The lowest BCUT2D eigenvalue weighted by molar-refractivity contribution is -0.384. The molecular formula is C27H36N8O7. The number of carbonyl (C=O) groups is 4. The van der Waals surface area contributed by atoms with Gasteiger partial charge in [0.15, 0.2) is 5.96 Å². The van der Waals surface area contributed by atoms with Crippen LogP contribution in [0.5, 0.6) is 0 Å². The first-order valence-electron chi connectivity index (χ1n) is 13.1. The summed E-state index contributed by atoms with van der Waals surface area (Å²) in [6.07, 6.45) is -1.03. The van der Waals surface area contributed by atoms with E-state index in [1.165, 1.54) is 24.3 Å². The van der Waals surface area contributed by atoms with Crippen LogP contribution >= 0.6 is 0 Å². The molecule has 15 heteroatoms. The van der Waals surface area contributed by atoms with Crippen molar-refractivity contribution < 1.29 is 28.8 Å². The van der Waals surface area contributed by atoms with E-state index in [-0.39, 0.29) is 49.2 Å². The minimum absolute atomic E-state index is 0.0821. The van der Waals surface area contributed by atoms with Gasteiger partial charge in [-0.15, -0.1) is 0 Å². The van der Waals surface area contributed by atoms with E-state index in [2.05, 4.69) is 15.6 Å². The number of hydrogen-bond acceptors (Lipinski definition) is 9. The number of carbonyl (C=O) groups excluding carboxylic acids is 4. The number of ether oxygens (including phenoxy) is 1. The number of nitro benzene ring substituents is 1. The van der Waals surface area contributed by atoms with Gasteiger partial charge in [-0.25, -0.2) is 9.69 Å². The second-order valence-electron chi connectivity index (χ2n) is 9.55. The highest BCUT2D eigenvalue weighted by atomic mass is 16.6. The van der Waals surface area contributed by atoms with Gasteiger partial charge in [0.25, 0.3) is 11.6 Å². The largest absolute Gasteiger partial charge is 0.444 e. The Bertz CT molecular complexity index is 1270. The molecule has 0 heterocycles. The van der Waals surface area contributed by atoms with Gasteiger partial charge in [0.05, 0.1) is 17.5 Å². The molecule has 0 aliphatic heterocycles. The number of nitro groups is 1. The molecule has 42 heavy (non-hydrogen) atoms. The second kappa shape index (κ2) is 16.3. The number of nitrogens with two attached hydrogens (primary N) is 3. The van der Waals surface area contributed by atoms with Crippen LogP contribution in [0, 0.1) is 16.0 Å². The normalized spacial score (nSPS) is 12.0. The average Bonchev–Trinajstić information content (AvgIpc) is 2.96. The number of nitrogens with zero attached hydrogens (tertiary/aromatic N) is 3. The summed E-state index contributed by atoms with van der Waals surface area (Å²) in [5.74, 6) is -2.73. The second-order valence-corrected chi connectivity index (χ2v) is 9.55. The van der Waals surface area contributed by atoms with Crippen molar-refractivity contribution >= 4 is 41.1 Å². The first-order valence-corrected chi connectivity index (χ1v) is 13.1. The van der Waals surface area contributed by atoms with E-state index >= 15 is 0 Å². The fourth-order valence-corrected chi connectivity index (χ4v) is 3.62. The van der Waals surface area contributed by atoms with Gasteiger partial charge >= 0.3 is 6.09 Å². The average molecular weight is 585 g/mol. The number of guanidine groups is 1. The summed E-state index contributed by atoms with van der Waals surface area (Å²) < 4.78 is 5.38. The van der Waals surface area contributed by atoms with Crippen LogP contribution in [0.3, 0.4) is 0 Å². The zero-order valence-corrected chi connectivity index (χ0v) is 23.4. The lowest BCUT2D eigenvalue weighted by Crippen LogP contribution is -2.54. The molecule has 15 nitrogen and oxygen atoms in total. The number of nitrogens with one attached hydrogen (secondary N) is 2. The molecule has 0 fully saturated rings. The molecule has 0 radical (unpaired) electrons. The standard InChI is InChI=1S/C27H36N8O7/c1-17(2)23(28)25(38)32-15-22(36)34(27(39)42-16-18-7-4-3-5-8-18)21(9-6-14-31-26(29)30)24(37)33-19-10-12-20(13-11-19)35(40)41/h3-5,7-8,10-13,17,21,23H,6,9,14-16,28H2,1-2H3,(H,32,38)(H,33,37)(H4,29,30,31)/t21-,23-/m0/s1. The number of benzene rings is 2. The summed E-state index contributed by atoms with van der Waals surface area (Å²) >= 11 is 0. The highest BCUT2D eigenvalue weighted by Crippen LogP contribution is 2.18. The molecule has 2 aromatic carbocycles. The lowest BCUT2D eigenvalue weighted by Gasteiger charge is -2.29. The number of amides is 4. The van der Waals surface area contributed by atoms with Gasteiger partial charge in [0.2, 0.25) is 11.8 Å². The van der Waals surface area contributed by atoms with Crippen LogP contribution in [0.1, 0.15) is 32.3 Å². The Hall–Kier alpha value is -5.05. The van der Waals surface area contributed by atoms with E-state index in [0.29, 0.717) is 10.5 Å².